The minimum atomic E-state index is -0.827. The number of hydrogen-bond donors (Lipinski definition) is 2. The quantitative estimate of drug-likeness (QED) is 0.775. The molecule has 1 aromatic carbocycles. The van der Waals surface area contributed by atoms with Gasteiger partial charge in [0, 0.05) is 10.0 Å². The molecule has 70 valence electrons. The van der Waals surface area contributed by atoms with Gasteiger partial charge in [-0.2, -0.15) is 0 Å². The van der Waals surface area contributed by atoms with Gasteiger partial charge in [-0.25, -0.2) is 0 Å². The molecule has 0 aliphatic carbocycles. The Morgan fingerprint density at radius 1 is 1.62 bits per heavy atom. The van der Waals surface area contributed by atoms with Gasteiger partial charge in [0.05, 0.1) is 0 Å². The van der Waals surface area contributed by atoms with Crippen LogP contribution >= 0.6 is 15.9 Å². The summed E-state index contributed by atoms with van der Waals surface area (Å²) in [6.07, 6.45) is -0.827. The smallest absolute Gasteiger partial charge is 0.253 e. The molecular formula is C9H10BrNO2. The lowest BCUT2D eigenvalue weighted by molar-refractivity contribution is 0.0819. The minimum absolute atomic E-state index is 0.281. The number of carbonyl (C=O) groups is 1. The second-order valence-corrected chi connectivity index (χ2v) is 3.58. The summed E-state index contributed by atoms with van der Waals surface area (Å²) in [6, 6.07) is 6.97. The second kappa shape index (κ2) is 4.39. The van der Waals surface area contributed by atoms with Crippen molar-refractivity contribution in [3.8, 4) is 0 Å². The van der Waals surface area contributed by atoms with Gasteiger partial charge in [0.15, 0.2) is 0 Å². The van der Waals surface area contributed by atoms with Crippen LogP contribution in [0.25, 0.3) is 0 Å². The molecule has 1 rings (SSSR count). The van der Waals surface area contributed by atoms with Crippen molar-refractivity contribution in [2.45, 2.75) is 13.2 Å². The summed E-state index contributed by atoms with van der Waals surface area (Å²) in [6.45, 7) is 1.50. The summed E-state index contributed by atoms with van der Waals surface area (Å²) in [5.41, 5.74) is 0.523. The van der Waals surface area contributed by atoms with Crippen LogP contribution in [0.3, 0.4) is 0 Å². The van der Waals surface area contributed by atoms with E-state index in [2.05, 4.69) is 21.2 Å². The van der Waals surface area contributed by atoms with Crippen LogP contribution in [0.5, 0.6) is 0 Å². The van der Waals surface area contributed by atoms with E-state index in [0.717, 1.165) is 4.47 Å². The third kappa shape index (κ3) is 3.16. The summed E-state index contributed by atoms with van der Waals surface area (Å²) >= 11 is 3.25. The Bertz CT molecular complexity index is 312. The van der Waals surface area contributed by atoms with Gasteiger partial charge >= 0.3 is 0 Å². The molecule has 0 aliphatic rings. The van der Waals surface area contributed by atoms with E-state index in [1.165, 1.54) is 6.92 Å². The summed E-state index contributed by atoms with van der Waals surface area (Å²) in [5.74, 6) is -0.281. The molecule has 0 bridgehead atoms. The largest absolute Gasteiger partial charge is 0.374 e. The number of rotatable bonds is 2. The molecule has 2 N–H and O–H groups in total. The second-order valence-electron chi connectivity index (χ2n) is 2.66. The van der Waals surface area contributed by atoms with Crippen LogP contribution in [-0.2, 0) is 0 Å². The number of benzene rings is 1. The van der Waals surface area contributed by atoms with Crippen molar-refractivity contribution in [2.75, 3.05) is 0 Å². The third-order valence-corrected chi connectivity index (χ3v) is 1.92. The number of nitrogens with one attached hydrogen (secondary N) is 1. The Morgan fingerprint density at radius 3 is 2.85 bits per heavy atom. The average molecular weight is 244 g/mol. The lowest BCUT2D eigenvalue weighted by Crippen LogP contribution is -2.31. The van der Waals surface area contributed by atoms with Crippen molar-refractivity contribution < 1.29 is 9.90 Å². The van der Waals surface area contributed by atoms with Gasteiger partial charge in [0.1, 0.15) is 6.23 Å². The molecule has 1 unspecified atom stereocenters. The highest BCUT2D eigenvalue weighted by Crippen LogP contribution is 2.11. The molecule has 0 saturated heterocycles. The molecule has 0 aliphatic heterocycles. The van der Waals surface area contributed by atoms with Gasteiger partial charge in [0.2, 0.25) is 0 Å². The van der Waals surface area contributed by atoms with Crippen LogP contribution in [0.2, 0.25) is 0 Å². The Hall–Kier alpha value is -0.870. The molecule has 1 aromatic rings. The molecule has 1 atom stereocenters. The predicted molar refractivity (Wildman–Crippen MR) is 53.3 cm³/mol. The zero-order chi connectivity index (χ0) is 9.84. The minimum Gasteiger partial charge on any atom is -0.374 e. The van der Waals surface area contributed by atoms with Crippen molar-refractivity contribution in [3.05, 3.63) is 34.3 Å². The fourth-order valence-electron chi connectivity index (χ4n) is 0.903. The van der Waals surface area contributed by atoms with Crippen molar-refractivity contribution in [1.29, 1.82) is 0 Å². The maximum atomic E-state index is 11.3. The van der Waals surface area contributed by atoms with Crippen molar-refractivity contribution in [2.24, 2.45) is 0 Å². The third-order valence-electron chi connectivity index (χ3n) is 1.43. The van der Waals surface area contributed by atoms with Gasteiger partial charge in [-0.15, -0.1) is 0 Å². The highest BCUT2D eigenvalue weighted by Gasteiger charge is 2.06. The number of halogens is 1. The molecule has 0 radical (unpaired) electrons. The molecular weight excluding hydrogens is 234 g/mol. The Balaban J connectivity index is 2.77. The van der Waals surface area contributed by atoms with Gasteiger partial charge in [-0.05, 0) is 25.1 Å². The van der Waals surface area contributed by atoms with Crippen molar-refractivity contribution in [1.82, 2.24) is 5.32 Å². The fourth-order valence-corrected chi connectivity index (χ4v) is 1.30. The van der Waals surface area contributed by atoms with Gasteiger partial charge in [-0.3, -0.25) is 4.79 Å². The predicted octanol–water partition coefficient (Wildman–Crippen LogP) is 1.52. The zero-order valence-electron chi connectivity index (χ0n) is 7.12. The van der Waals surface area contributed by atoms with Gasteiger partial charge in [0.25, 0.3) is 5.91 Å². The Kier molecular flexibility index (Phi) is 3.45. The molecule has 13 heavy (non-hydrogen) atoms. The van der Waals surface area contributed by atoms with E-state index in [9.17, 15) is 4.79 Å². The maximum absolute atomic E-state index is 11.3. The zero-order valence-corrected chi connectivity index (χ0v) is 8.71. The molecule has 0 heterocycles. The van der Waals surface area contributed by atoms with E-state index in [1.807, 2.05) is 6.07 Å². The van der Waals surface area contributed by atoms with Crippen LogP contribution in [0, 0.1) is 0 Å². The monoisotopic (exact) mass is 243 g/mol. The van der Waals surface area contributed by atoms with Crippen LogP contribution in [-0.4, -0.2) is 17.2 Å². The molecule has 0 fully saturated rings. The summed E-state index contributed by atoms with van der Waals surface area (Å²) in [5, 5.41) is 11.3. The Labute approximate surface area is 84.9 Å². The summed E-state index contributed by atoms with van der Waals surface area (Å²) < 4.78 is 0.839. The molecule has 4 heteroatoms. The summed E-state index contributed by atoms with van der Waals surface area (Å²) in [4.78, 5) is 11.3. The van der Waals surface area contributed by atoms with Crippen molar-refractivity contribution >= 4 is 21.8 Å². The number of carbonyl (C=O) groups excluding carboxylic acids is 1. The number of aliphatic hydroxyl groups is 1. The van der Waals surface area contributed by atoms with Crippen LogP contribution in [0.4, 0.5) is 0 Å². The molecule has 0 aromatic heterocycles. The first-order chi connectivity index (χ1) is 6.09. The fraction of sp³-hybridized carbons (Fsp3) is 0.222. The van der Waals surface area contributed by atoms with E-state index in [0.29, 0.717) is 5.56 Å². The van der Waals surface area contributed by atoms with Crippen LogP contribution in [0.1, 0.15) is 17.3 Å². The normalized spacial score (nSPS) is 12.2. The number of hydrogen-bond acceptors (Lipinski definition) is 2. The van der Waals surface area contributed by atoms with Gasteiger partial charge < -0.3 is 10.4 Å². The first-order valence-electron chi connectivity index (χ1n) is 3.84. The topological polar surface area (TPSA) is 49.3 Å². The van der Waals surface area contributed by atoms with Gasteiger partial charge in [-0.1, -0.05) is 22.0 Å². The van der Waals surface area contributed by atoms with E-state index in [1.54, 1.807) is 18.2 Å². The molecule has 3 nitrogen and oxygen atoms in total. The SMILES string of the molecule is CC(O)NC(=O)c1cccc(Br)c1. The summed E-state index contributed by atoms with van der Waals surface area (Å²) in [7, 11) is 0. The lowest BCUT2D eigenvalue weighted by atomic mass is 10.2. The molecule has 0 spiro atoms. The first kappa shape index (κ1) is 10.2. The van der Waals surface area contributed by atoms with Crippen LogP contribution < -0.4 is 5.32 Å². The Morgan fingerprint density at radius 2 is 2.31 bits per heavy atom. The highest BCUT2D eigenvalue weighted by molar-refractivity contribution is 9.10. The van der Waals surface area contributed by atoms with E-state index >= 15 is 0 Å². The van der Waals surface area contributed by atoms with E-state index < -0.39 is 6.23 Å². The standard InChI is InChI=1S/C9H10BrNO2/c1-6(12)11-9(13)7-3-2-4-8(10)5-7/h2-6,12H,1H3,(H,11,13). The van der Waals surface area contributed by atoms with E-state index in [4.69, 9.17) is 5.11 Å². The average Bonchev–Trinajstić information content (AvgIpc) is 2.03. The first-order valence-corrected chi connectivity index (χ1v) is 4.63. The number of aliphatic hydroxyl groups excluding tert-OH is 1. The highest BCUT2D eigenvalue weighted by atomic mass is 79.9. The van der Waals surface area contributed by atoms with Crippen LogP contribution in [0.15, 0.2) is 28.7 Å². The molecule has 0 saturated carbocycles. The number of amides is 1. The lowest BCUT2D eigenvalue weighted by Gasteiger charge is -2.07. The maximum Gasteiger partial charge on any atom is 0.253 e. The van der Waals surface area contributed by atoms with E-state index in [-0.39, 0.29) is 5.91 Å². The van der Waals surface area contributed by atoms with Crippen molar-refractivity contribution in [3.63, 3.8) is 0 Å². The molecule has 1 amide bonds.